The fraction of sp³-hybridized carbons (Fsp3) is 0.889. The number of thiocarbonyl (C=S) groups is 1. The van der Waals surface area contributed by atoms with Crippen LogP contribution >= 0.6 is 12.2 Å². The maximum atomic E-state index is 11.7. The van der Waals surface area contributed by atoms with Crippen LogP contribution in [0.4, 0.5) is 0 Å². The van der Waals surface area contributed by atoms with E-state index in [9.17, 15) is 8.42 Å². The molecular weight excluding hydrogens is 248 g/mol. The van der Waals surface area contributed by atoms with E-state index in [1.165, 1.54) is 6.92 Å². The van der Waals surface area contributed by atoms with Crippen LogP contribution < -0.4 is 10.5 Å². The predicted molar refractivity (Wildman–Crippen MR) is 66.7 cm³/mol. The lowest BCUT2D eigenvalue weighted by Crippen LogP contribution is -2.51. The van der Waals surface area contributed by atoms with Crippen LogP contribution in [-0.4, -0.2) is 37.4 Å². The van der Waals surface area contributed by atoms with Crippen molar-refractivity contribution in [3.05, 3.63) is 0 Å². The van der Waals surface area contributed by atoms with E-state index in [4.69, 9.17) is 10.5 Å². The fourth-order valence-corrected chi connectivity index (χ4v) is 3.07. The normalized spacial score (nSPS) is 27.1. The molecule has 0 aromatic carbocycles. The van der Waals surface area contributed by atoms with Gasteiger partial charge in [0.25, 0.3) is 0 Å². The lowest BCUT2D eigenvalue weighted by molar-refractivity contribution is -0.00477. The number of hydrogen-bond donors (Lipinski definition) is 2. The number of rotatable bonds is 6. The molecule has 1 fully saturated rings. The average Bonchev–Trinajstić information content (AvgIpc) is 2.13. The van der Waals surface area contributed by atoms with E-state index in [1.54, 1.807) is 0 Å². The van der Waals surface area contributed by atoms with Crippen LogP contribution in [0.25, 0.3) is 0 Å². The third-order valence-electron chi connectivity index (χ3n) is 2.69. The quantitative estimate of drug-likeness (QED) is 0.669. The summed E-state index contributed by atoms with van der Waals surface area (Å²) in [6.45, 7) is 4.07. The van der Waals surface area contributed by atoms with Gasteiger partial charge in [0.05, 0.1) is 11.1 Å². The SMILES string of the molecule is CCOC1CC(NS(=O)(=O)C(C)C(N)=S)C1. The average molecular weight is 266 g/mol. The van der Waals surface area contributed by atoms with Gasteiger partial charge < -0.3 is 10.5 Å². The first-order valence-electron chi connectivity index (χ1n) is 5.29. The first-order chi connectivity index (χ1) is 7.36. The van der Waals surface area contributed by atoms with Crippen molar-refractivity contribution in [3.63, 3.8) is 0 Å². The van der Waals surface area contributed by atoms with E-state index in [0.717, 1.165) is 12.8 Å². The Morgan fingerprint density at radius 1 is 1.62 bits per heavy atom. The van der Waals surface area contributed by atoms with Gasteiger partial charge >= 0.3 is 0 Å². The molecular formula is C9H18N2O3S2. The van der Waals surface area contributed by atoms with Gasteiger partial charge in [-0.25, -0.2) is 13.1 Å². The van der Waals surface area contributed by atoms with Gasteiger partial charge in [-0.15, -0.1) is 0 Å². The van der Waals surface area contributed by atoms with E-state index in [1.807, 2.05) is 6.92 Å². The molecule has 1 atom stereocenters. The molecule has 1 rings (SSSR count). The minimum atomic E-state index is -3.43. The molecule has 7 heteroatoms. The molecule has 1 aliphatic carbocycles. The van der Waals surface area contributed by atoms with E-state index in [2.05, 4.69) is 16.9 Å². The van der Waals surface area contributed by atoms with Crippen molar-refractivity contribution < 1.29 is 13.2 Å². The highest BCUT2D eigenvalue weighted by atomic mass is 32.2. The van der Waals surface area contributed by atoms with E-state index in [0.29, 0.717) is 6.61 Å². The Hall–Kier alpha value is -0.240. The maximum Gasteiger partial charge on any atom is 0.220 e. The zero-order valence-corrected chi connectivity index (χ0v) is 11.1. The number of hydrogen-bond acceptors (Lipinski definition) is 4. The van der Waals surface area contributed by atoms with Crippen LogP contribution in [0.15, 0.2) is 0 Å². The molecule has 0 aliphatic heterocycles. The second kappa shape index (κ2) is 5.39. The lowest BCUT2D eigenvalue weighted by Gasteiger charge is -2.35. The Bertz CT molecular complexity index is 350. The van der Waals surface area contributed by atoms with Crippen molar-refractivity contribution in [1.29, 1.82) is 0 Å². The lowest BCUT2D eigenvalue weighted by atomic mass is 9.90. The third kappa shape index (κ3) is 3.38. The summed E-state index contributed by atoms with van der Waals surface area (Å²) in [5.74, 6) is 0. The zero-order valence-electron chi connectivity index (χ0n) is 9.47. The van der Waals surface area contributed by atoms with Crippen molar-refractivity contribution in [3.8, 4) is 0 Å². The molecule has 0 amide bonds. The Kier molecular flexibility index (Phi) is 4.66. The largest absolute Gasteiger partial charge is 0.392 e. The van der Waals surface area contributed by atoms with Gasteiger partial charge in [-0.1, -0.05) is 12.2 Å². The van der Waals surface area contributed by atoms with E-state index in [-0.39, 0.29) is 17.1 Å². The van der Waals surface area contributed by atoms with E-state index < -0.39 is 15.3 Å². The standard InChI is InChI=1S/C9H18N2O3S2/c1-3-14-8-4-7(5-8)11-16(12,13)6(2)9(10)15/h6-8,11H,3-5H2,1-2H3,(H2,10,15). The highest BCUT2D eigenvalue weighted by molar-refractivity contribution is 7.93. The molecule has 16 heavy (non-hydrogen) atoms. The van der Waals surface area contributed by atoms with Crippen LogP contribution in [-0.2, 0) is 14.8 Å². The van der Waals surface area contributed by atoms with Crippen molar-refractivity contribution in [2.24, 2.45) is 5.73 Å². The molecule has 0 aromatic heterocycles. The highest BCUT2D eigenvalue weighted by Crippen LogP contribution is 2.24. The topological polar surface area (TPSA) is 81.4 Å². The highest BCUT2D eigenvalue weighted by Gasteiger charge is 2.34. The van der Waals surface area contributed by atoms with Crippen LogP contribution in [0.3, 0.4) is 0 Å². The second-order valence-corrected chi connectivity index (χ2v) is 6.46. The maximum absolute atomic E-state index is 11.7. The smallest absolute Gasteiger partial charge is 0.220 e. The van der Waals surface area contributed by atoms with Gasteiger partial charge in [-0.2, -0.15) is 0 Å². The summed E-state index contributed by atoms with van der Waals surface area (Å²) in [6, 6.07) is -0.0432. The van der Waals surface area contributed by atoms with Crippen LogP contribution in [0.2, 0.25) is 0 Å². The van der Waals surface area contributed by atoms with Gasteiger partial charge in [0.15, 0.2) is 0 Å². The summed E-state index contributed by atoms with van der Waals surface area (Å²) >= 11 is 4.67. The molecule has 5 nitrogen and oxygen atoms in total. The van der Waals surface area contributed by atoms with Gasteiger partial charge in [0, 0.05) is 12.6 Å². The van der Waals surface area contributed by atoms with Crippen molar-refractivity contribution in [2.75, 3.05) is 6.61 Å². The molecule has 0 saturated heterocycles. The Morgan fingerprint density at radius 2 is 2.19 bits per heavy atom. The summed E-state index contributed by atoms with van der Waals surface area (Å²) in [5.41, 5.74) is 5.32. The van der Waals surface area contributed by atoms with Gasteiger partial charge in [0.2, 0.25) is 10.0 Å². The molecule has 1 unspecified atom stereocenters. The Morgan fingerprint density at radius 3 is 2.62 bits per heavy atom. The zero-order chi connectivity index (χ0) is 12.3. The van der Waals surface area contributed by atoms with Crippen molar-refractivity contribution >= 4 is 27.2 Å². The minimum Gasteiger partial charge on any atom is -0.392 e. The molecule has 0 aromatic rings. The van der Waals surface area contributed by atoms with Crippen molar-refractivity contribution in [2.45, 2.75) is 44.1 Å². The summed E-state index contributed by atoms with van der Waals surface area (Å²) in [6.07, 6.45) is 1.62. The number of nitrogens with two attached hydrogens (primary N) is 1. The summed E-state index contributed by atoms with van der Waals surface area (Å²) in [7, 11) is -3.43. The molecule has 0 spiro atoms. The van der Waals surface area contributed by atoms with Crippen LogP contribution in [0.1, 0.15) is 26.7 Å². The molecule has 0 bridgehead atoms. The van der Waals surface area contributed by atoms with Gasteiger partial charge in [-0.05, 0) is 26.7 Å². The molecule has 0 radical (unpaired) electrons. The number of sulfonamides is 1. The van der Waals surface area contributed by atoms with Gasteiger partial charge in [-0.3, -0.25) is 0 Å². The summed E-state index contributed by atoms with van der Waals surface area (Å²) in [5, 5.41) is -0.825. The molecule has 94 valence electrons. The molecule has 1 aliphatic rings. The number of nitrogens with one attached hydrogen (secondary N) is 1. The predicted octanol–water partition coefficient (Wildman–Crippen LogP) is 0.148. The minimum absolute atomic E-state index is 0.00631. The number of ether oxygens (including phenoxy) is 1. The summed E-state index contributed by atoms with van der Waals surface area (Å²) < 4.78 is 31.4. The van der Waals surface area contributed by atoms with E-state index >= 15 is 0 Å². The first-order valence-corrected chi connectivity index (χ1v) is 7.24. The fourth-order valence-electron chi connectivity index (χ4n) is 1.52. The third-order valence-corrected chi connectivity index (χ3v) is 5.04. The monoisotopic (exact) mass is 266 g/mol. The van der Waals surface area contributed by atoms with Crippen LogP contribution in [0, 0.1) is 0 Å². The first kappa shape index (κ1) is 13.8. The second-order valence-electron chi connectivity index (χ2n) is 3.95. The van der Waals surface area contributed by atoms with Crippen molar-refractivity contribution in [1.82, 2.24) is 4.72 Å². The molecule has 1 saturated carbocycles. The Labute approximate surface area is 102 Å². The summed E-state index contributed by atoms with van der Waals surface area (Å²) in [4.78, 5) is -0.00631. The molecule has 0 heterocycles. The molecule has 3 N–H and O–H groups in total. The van der Waals surface area contributed by atoms with Gasteiger partial charge in [0.1, 0.15) is 5.25 Å². The Balaban J connectivity index is 2.42. The van der Waals surface area contributed by atoms with Crippen LogP contribution in [0.5, 0.6) is 0 Å².